The van der Waals surface area contributed by atoms with Crippen LogP contribution in [0.3, 0.4) is 0 Å². The summed E-state index contributed by atoms with van der Waals surface area (Å²) in [6, 6.07) is 11.1. The monoisotopic (exact) mass is 343 g/mol. The second-order valence-electron chi connectivity index (χ2n) is 5.51. The standard InChI is InChI=1S/C18H25N5O2/c1-4-19-16-12-17(23-14(3)22-16)20-10-11-21-18(24)13(2)25-15-8-6-5-7-9-15/h5-9,12-13H,4,10-11H2,1-3H3,(H,21,24)(H2,19,20,22,23). The summed E-state index contributed by atoms with van der Waals surface area (Å²) in [6.07, 6.45) is -0.552. The lowest BCUT2D eigenvalue weighted by molar-refractivity contribution is -0.127. The molecule has 0 aliphatic rings. The summed E-state index contributed by atoms with van der Waals surface area (Å²) in [4.78, 5) is 20.7. The van der Waals surface area contributed by atoms with Crippen molar-refractivity contribution in [2.24, 2.45) is 0 Å². The molecule has 1 unspecified atom stereocenters. The number of nitrogens with one attached hydrogen (secondary N) is 3. The van der Waals surface area contributed by atoms with Gasteiger partial charge in [0.1, 0.15) is 23.2 Å². The van der Waals surface area contributed by atoms with Gasteiger partial charge in [-0.1, -0.05) is 18.2 Å². The number of benzene rings is 1. The van der Waals surface area contributed by atoms with E-state index < -0.39 is 6.10 Å². The first-order valence-corrected chi connectivity index (χ1v) is 8.41. The van der Waals surface area contributed by atoms with Gasteiger partial charge in [0.25, 0.3) is 5.91 Å². The van der Waals surface area contributed by atoms with Gasteiger partial charge in [-0.05, 0) is 32.9 Å². The average Bonchev–Trinajstić information content (AvgIpc) is 2.59. The summed E-state index contributed by atoms with van der Waals surface area (Å²) in [7, 11) is 0. The van der Waals surface area contributed by atoms with Gasteiger partial charge in [-0.15, -0.1) is 0 Å². The van der Waals surface area contributed by atoms with E-state index in [2.05, 4.69) is 25.9 Å². The molecule has 1 atom stereocenters. The molecular formula is C18H25N5O2. The van der Waals surface area contributed by atoms with Gasteiger partial charge in [0.15, 0.2) is 6.10 Å². The molecule has 2 aromatic rings. The molecule has 25 heavy (non-hydrogen) atoms. The molecule has 134 valence electrons. The summed E-state index contributed by atoms with van der Waals surface area (Å²) in [5, 5.41) is 9.18. The molecule has 3 N–H and O–H groups in total. The van der Waals surface area contributed by atoms with Crippen molar-refractivity contribution in [1.29, 1.82) is 0 Å². The van der Waals surface area contributed by atoms with Crippen molar-refractivity contribution in [1.82, 2.24) is 15.3 Å². The van der Waals surface area contributed by atoms with E-state index in [0.717, 1.165) is 18.2 Å². The van der Waals surface area contributed by atoms with Crippen LogP contribution in [0.1, 0.15) is 19.7 Å². The molecule has 7 heteroatoms. The second-order valence-corrected chi connectivity index (χ2v) is 5.51. The Morgan fingerprint density at radius 1 is 1.12 bits per heavy atom. The van der Waals surface area contributed by atoms with E-state index in [1.165, 1.54) is 0 Å². The normalized spacial score (nSPS) is 11.5. The third kappa shape index (κ3) is 6.29. The summed E-state index contributed by atoms with van der Waals surface area (Å²) in [6.45, 7) is 7.42. The molecule has 1 aromatic carbocycles. The Kier molecular flexibility index (Phi) is 7.00. The van der Waals surface area contributed by atoms with E-state index >= 15 is 0 Å². The predicted octanol–water partition coefficient (Wildman–Crippen LogP) is 2.21. The first-order valence-electron chi connectivity index (χ1n) is 8.41. The van der Waals surface area contributed by atoms with E-state index in [4.69, 9.17) is 4.74 Å². The minimum atomic E-state index is -0.552. The van der Waals surface area contributed by atoms with Crippen molar-refractivity contribution in [2.45, 2.75) is 26.9 Å². The smallest absolute Gasteiger partial charge is 0.260 e. The van der Waals surface area contributed by atoms with Gasteiger partial charge in [-0.25, -0.2) is 9.97 Å². The van der Waals surface area contributed by atoms with E-state index in [0.29, 0.717) is 24.7 Å². The Hall–Kier alpha value is -2.83. The maximum absolute atomic E-state index is 12.1. The van der Waals surface area contributed by atoms with E-state index in [-0.39, 0.29) is 5.91 Å². The Morgan fingerprint density at radius 2 is 1.80 bits per heavy atom. The highest BCUT2D eigenvalue weighted by Crippen LogP contribution is 2.11. The first kappa shape index (κ1) is 18.5. The number of anilines is 2. The summed E-state index contributed by atoms with van der Waals surface area (Å²) in [5.74, 6) is 2.72. The molecule has 0 spiro atoms. The molecule has 1 heterocycles. The number of hydrogen-bond acceptors (Lipinski definition) is 6. The van der Waals surface area contributed by atoms with Crippen molar-refractivity contribution in [3.05, 3.63) is 42.2 Å². The van der Waals surface area contributed by atoms with Gasteiger partial charge >= 0.3 is 0 Å². The highest BCUT2D eigenvalue weighted by atomic mass is 16.5. The number of aryl methyl sites for hydroxylation is 1. The highest BCUT2D eigenvalue weighted by Gasteiger charge is 2.13. The lowest BCUT2D eigenvalue weighted by Gasteiger charge is -2.15. The van der Waals surface area contributed by atoms with Crippen LogP contribution in [-0.4, -0.2) is 41.6 Å². The van der Waals surface area contributed by atoms with Crippen LogP contribution in [0, 0.1) is 6.92 Å². The van der Waals surface area contributed by atoms with Crippen molar-refractivity contribution >= 4 is 17.5 Å². The number of amides is 1. The lowest BCUT2D eigenvalue weighted by atomic mass is 10.3. The average molecular weight is 343 g/mol. The molecule has 0 fully saturated rings. The van der Waals surface area contributed by atoms with E-state index in [9.17, 15) is 4.79 Å². The Bertz CT molecular complexity index is 678. The zero-order valence-electron chi connectivity index (χ0n) is 14.9. The number of nitrogens with zero attached hydrogens (tertiary/aromatic N) is 2. The van der Waals surface area contributed by atoms with Gasteiger partial charge < -0.3 is 20.7 Å². The predicted molar refractivity (Wildman–Crippen MR) is 99.0 cm³/mol. The molecule has 2 rings (SSSR count). The maximum Gasteiger partial charge on any atom is 0.260 e. The largest absolute Gasteiger partial charge is 0.481 e. The Labute approximate surface area is 148 Å². The Morgan fingerprint density at radius 3 is 2.48 bits per heavy atom. The highest BCUT2D eigenvalue weighted by molar-refractivity contribution is 5.80. The number of ether oxygens (including phenoxy) is 1. The fourth-order valence-corrected chi connectivity index (χ4v) is 2.21. The molecule has 0 saturated heterocycles. The lowest BCUT2D eigenvalue weighted by Crippen LogP contribution is -2.38. The fraction of sp³-hybridized carbons (Fsp3) is 0.389. The number of para-hydroxylation sites is 1. The number of carbonyl (C=O) groups is 1. The second kappa shape index (κ2) is 9.46. The van der Waals surface area contributed by atoms with Crippen LogP contribution in [0.4, 0.5) is 11.6 Å². The molecule has 0 radical (unpaired) electrons. The fourth-order valence-electron chi connectivity index (χ4n) is 2.21. The first-order chi connectivity index (χ1) is 12.1. The minimum absolute atomic E-state index is 0.155. The van der Waals surface area contributed by atoms with Crippen LogP contribution in [0.25, 0.3) is 0 Å². The van der Waals surface area contributed by atoms with Gasteiger partial charge in [-0.3, -0.25) is 4.79 Å². The number of rotatable bonds is 9. The molecule has 1 aromatic heterocycles. The third-order valence-electron chi connectivity index (χ3n) is 3.35. The van der Waals surface area contributed by atoms with Gasteiger partial charge in [0.2, 0.25) is 0 Å². The molecule has 0 aliphatic carbocycles. The number of hydrogen-bond donors (Lipinski definition) is 3. The quantitative estimate of drug-likeness (QED) is 0.605. The van der Waals surface area contributed by atoms with Gasteiger partial charge in [0, 0.05) is 25.7 Å². The van der Waals surface area contributed by atoms with Crippen LogP contribution >= 0.6 is 0 Å². The summed E-state index contributed by atoms with van der Waals surface area (Å²) in [5.41, 5.74) is 0. The van der Waals surface area contributed by atoms with E-state index in [1.54, 1.807) is 6.92 Å². The molecule has 0 saturated carbocycles. The van der Waals surface area contributed by atoms with Crippen molar-refractivity contribution in [2.75, 3.05) is 30.3 Å². The SMILES string of the molecule is CCNc1cc(NCCNC(=O)C(C)Oc2ccccc2)nc(C)n1. The van der Waals surface area contributed by atoms with E-state index in [1.807, 2.05) is 50.2 Å². The van der Waals surface area contributed by atoms with Crippen LogP contribution in [-0.2, 0) is 4.79 Å². The summed E-state index contributed by atoms with van der Waals surface area (Å²) >= 11 is 0. The minimum Gasteiger partial charge on any atom is -0.481 e. The topological polar surface area (TPSA) is 88.2 Å². The van der Waals surface area contributed by atoms with Crippen LogP contribution < -0.4 is 20.7 Å². The van der Waals surface area contributed by atoms with Crippen LogP contribution in [0.15, 0.2) is 36.4 Å². The van der Waals surface area contributed by atoms with Crippen LogP contribution in [0.2, 0.25) is 0 Å². The van der Waals surface area contributed by atoms with Gasteiger partial charge in [0.05, 0.1) is 0 Å². The molecule has 0 aliphatic heterocycles. The molecule has 7 nitrogen and oxygen atoms in total. The van der Waals surface area contributed by atoms with Crippen molar-refractivity contribution < 1.29 is 9.53 Å². The zero-order valence-corrected chi connectivity index (χ0v) is 14.9. The summed E-state index contributed by atoms with van der Waals surface area (Å²) < 4.78 is 5.59. The molecule has 0 bridgehead atoms. The third-order valence-corrected chi connectivity index (χ3v) is 3.35. The molecular weight excluding hydrogens is 318 g/mol. The number of aromatic nitrogens is 2. The maximum atomic E-state index is 12.1. The Balaban J connectivity index is 1.74. The van der Waals surface area contributed by atoms with Crippen molar-refractivity contribution in [3.63, 3.8) is 0 Å². The number of carbonyl (C=O) groups excluding carboxylic acids is 1. The zero-order chi connectivity index (χ0) is 18.1. The molecule has 1 amide bonds. The van der Waals surface area contributed by atoms with Gasteiger partial charge in [-0.2, -0.15) is 0 Å². The van der Waals surface area contributed by atoms with Crippen molar-refractivity contribution in [3.8, 4) is 5.75 Å². The van der Waals surface area contributed by atoms with Crippen LogP contribution in [0.5, 0.6) is 5.75 Å².